The van der Waals surface area contributed by atoms with E-state index < -0.39 is 0 Å². The summed E-state index contributed by atoms with van der Waals surface area (Å²) in [4.78, 5) is 38.6. The van der Waals surface area contributed by atoms with Crippen LogP contribution in [0.2, 0.25) is 20.1 Å². The molecule has 0 aliphatic carbocycles. The zero-order chi connectivity index (χ0) is 25.4. The zero-order valence-corrected chi connectivity index (χ0v) is 23.0. The van der Waals surface area contributed by atoms with E-state index in [0.717, 1.165) is 0 Å². The highest BCUT2D eigenvalue weighted by Gasteiger charge is 2.32. The number of thioether (sulfide) groups is 2. The standard InChI is InChI=1S/C24H16Cl4N4O2S2/c25-15-3-1-13(17(27)11-15)9-19-21(33)29-23(35-19)31-5-7-32(8-6-31)24-30-22(34)20(36-24)10-14-2-4-16(26)12-18(14)28/h1-4,9-12H,5-8H2/b19-9+,20-10+. The van der Waals surface area contributed by atoms with Crippen molar-refractivity contribution in [2.75, 3.05) is 26.2 Å². The molecular formula is C24H16Cl4N4O2S2. The van der Waals surface area contributed by atoms with Crippen molar-refractivity contribution in [2.45, 2.75) is 0 Å². The predicted octanol–water partition coefficient (Wildman–Crippen LogP) is 6.56. The van der Waals surface area contributed by atoms with Crippen LogP contribution in [-0.4, -0.2) is 58.1 Å². The van der Waals surface area contributed by atoms with Crippen molar-refractivity contribution < 1.29 is 9.59 Å². The largest absolute Gasteiger partial charge is 0.347 e. The number of halogens is 4. The Balaban J connectivity index is 1.20. The molecule has 184 valence electrons. The number of rotatable bonds is 2. The van der Waals surface area contributed by atoms with E-state index in [2.05, 4.69) is 19.8 Å². The van der Waals surface area contributed by atoms with Gasteiger partial charge < -0.3 is 9.80 Å². The number of amidine groups is 2. The number of hydrogen-bond acceptors (Lipinski definition) is 6. The lowest BCUT2D eigenvalue weighted by atomic mass is 10.2. The van der Waals surface area contributed by atoms with Crippen LogP contribution >= 0.6 is 69.9 Å². The van der Waals surface area contributed by atoms with Crippen LogP contribution in [0.5, 0.6) is 0 Å². The lowest BCUT2D eigenvalue weighted by Crippen LogP contribution is -2.49. The third kappa shape index (κ3) is 5.64. The molecule has 0 atom stereocenters. The molecule has 0 unspecified atom stereocenters. The Labute approximate surface area is 236 Å². The Kier molecular flexibility index (Phi) is 7.72. The van der Waals surface area contributed by atoms with Crippen molar-refractivity contribution in [3.05, 3.63) is 77.4 Å². The number of benzene rings is 2. The second-order valence-corrected chi connectivity index (χ2v) is 11.6. The Morgan fingerprint density at radius 3 is 1.42 bits per heavy atom. The minimum atomic E-state index is -0.291. The molecule has 0 N–H and O–H groups in total. The molecule has 36 heavy (non-hydrogen) atoms. The Morgan fingerprint density at radius 1 is 0.667 bits per heavy atom. The van der Waals surface area contributed by atoms with Crippen LogP contribution in [0.4, 0.5) is 0 Å². The van der Waals surface area contributed by atoms with Crippen LogP contribution in [-0.2, 0) is 9.59 Å². The van der Waals surface area contributed by atoms with Gasteiger partial charge in [-0.25, -0.2) is 0 Å². The Hall–Kier alpha value is -1.94. The Bertz CT molecular complexity index is 1290. The molecule has 3 heterocycles. The lowest BCUT2D eigenvalue weighted by Gasteiger charge is -2.35. The predicted molar refractivity (Wildman–Crippen MR) is 152 cm³/mol. The summed E-state index contributed by atoms with van der Waals surface area (Å²) in [7, 11) is 0. The van der Waals surface area contributed by atoms with Gasteiger partial charge in [0.2, 0.25) is 0 Å². The van der Waals surface area contributed by atoms with E-state index in [1.54, 1.807) is 48.6 Å². The van der Waals surface area contributed by atoms with Crippen LogP contribution < -0.4 is 0 Å². The molecule has 0 spiro atoms. The maximum atomic E-state index is 12.5. The Morgan fingerprint density at radius 2 is 1.06 bits per heavy atom. The number of nitrogens with zero attached hydrogens (tertiary/aromatic N) is 4. The van der Waals surface area contributed by atoms with Crippen molar-refractivity contribution in [3.8, 4) is 0 Å². The number of aliphatic imine (C=N–C) groups is 2. The third-order valence-corrected chi connectivity index (χ3v) is 8.75. The van der Waals surface area contributed by atoms with E-state index in [0.29, 0.717) is 77.5 Å². The van der Waals surface area contributed by atoms with Crippen LogP contribution in [0.3, 0.4) is 0 Å². The third-order valence-electron chi connectivity index (χ3n) is 5.54. The van der Waals surface area contributed by atoms with E-state index in [1.807, 2.05) is 0 Å². The molecule has 0 bridgehead atoms. The number of amides is 2. The fraction of sp³-hybridized carbons (Fsp3) is 0.167. The molecule has 12 heteroatoms. The molecule has 1 fully saturated rings. The van der Waals surface area contributed by atoms with E-state index in [1.165, 1.54) is 23.5 Å². The van der Waals surface area contributed by atoms with Gasteiger partial charge in [-0.1, -0.05) is 58.5 Å². The van der Waals surface area contributed by atoms with Gasteiger partial charge in [0.25, 0.3) is 11.8 Å². The van der Waals surface area contributed by atoms with Crippen molar-refractivity contribution in [1.82, 2.24) is 9.80 Å². The molecule has 3 aliphatic rings. The monoisotopic (exact) mass is 596 g/mol. The average Bonchev–Trinajstić information content (AvgIpc) is 3.40. The van der Waals surface area contributed by atoms with Crippen LogP contribution in [0.15, 0.2) is 56.2 Å². The quantitative estimate of drug-likeness (QED) is 0.365. The molecule has 0 aromatic heterocycles. The van der Waals surface area contributed by atoms with Crippen molar-refractivity contribution in [1.29, 1.82) is 0 Å². The van der Waals surface area contributed by atoms with Gasteiger partial charge in [0.05, 0.1) is 9.81 Å². The van der Waals surface area contributed by atoms with Crippen LogP contribution in [0, 0.1) is 0 Å². The summed E-state index contributed by atoms with van der Waals surface area (Å²) in [6.45, 7) is 2.57. The molecule has 2 aromatic carbocycles. The maximum absolute atomic E-state index is 12.5. The first-order valence-corrected chi connectivity index (χ1v) is 13.9. The first-order valence-electron chi connectivity index (χ1n) is 10.7. The summed E-state index contributed by atoms with van der Waals surface area (Å²) in [6.07, 6.45) is 3.46. The van der Waals surface area contributed by atoms with Crippen molar-refractivity contribution in [2.24, 2.45) is 9.98 Å². The van der Waals surface area contributed by atoms with E-state index >= 15 is 0 Å². The second kappa shape index (κ2) is 10.8. The van der Waals surface area contributed by atoms with Crippen LogP contribution in [0.1, 0.15) is 11.1 Å². The molecule has 3 aliphatic heterocycles. The van der Waals surface area contributed by atoms with E-state index in [-0.39, 0.29) is 11.8 Å². The summed E-state index contributed by atoms with van der Waals surface area (Å²) >= 11 is 27.1. The van der Waals surface area contributed by atoms with Gasteiger partial charge in [-0.2, -0.15) is 9.98 Å². The first kappa shape index (κ1) is 25.7. The molecule has 0 radical (unpaired) electrons. The SMILES string of the molecule is O=C1N=C(N2CCN(C3=NC(=O)/C(=C\c4ccc(Cl)cc4Cl)S3)CC2)S/C1=C/c1ccc(Cl)cc1Cl. The minimum absolute atomic E-state index is 0.291. The molecule has 2 amide bonds. The molecular weight excluding hydrogens is 582 g/mol. The minimum Gasteiger partial charge on any atom is -0.347 e. The maximum Gasteiger partial charge on any atom is 0.286 e. The van der Waals surface area contributed by atoms with Gasteiger partial charge in [-0.15, -0.1) is 0 Å². The summed E-state index contributed by atoms with van der Waals surface area (Å²) in [5.41, 5.74) is 1.42. The van der Waals surface area contributed by atoms with Gasteiger partial charge in [0, 0.05) is 46.3 Å². The van der Waals surface area contributed by atoms with Gasteiger partial charge in [-0.05, 0) is 71.1 Å². The fourth-order valence-corrected chi connectivity index (χ4v) is 6.51. The molecule has 2 aromatic rings. The number of carbonyl (C=O) groups is 2. The van der Waals surface area contributed by atoms with Gasteiger partial charge in [0.15, 0.2) is 10.3 Å². The highest BCUT2D eigenvalue weighted by atomic mass is 35.5. The summed E-state index contributed by atoms with van der Waals surface area (Å²) < 4.78 is 0. The highest BCUT2D eigenvalue weighted by molar-refractivity contribution is 8.18. The molecule has 6 nitrogen and oxygen atoms in total. The zero-order valence-electron chi connectivity index (χ0n) is 18.4. The van der Waals surface area contributed by atoms with Gasteiger partial charge in [0.1, 0.15) is 0 Å². The molecule has 1 saturated heterocycles. The topological polar surface area (TPSA) is 65.3 Å². The number of carbonyl (C=O) groups excluding carboxylic acids is 2. The van der Waals surface area contributed by atoms with E-state index in [4.69, 9.17) is 46.4 Å². The highest BCUT2D eigenvalue weighted by Crippen LogP contribution is 2.35. The van der Waals surface area contributed by atoms with Crippen LogP contribution in [0.25, 0.3) is 12.2 Å². The normalized spacial score (nSPS) is 20.6. The van der Waals surface area contributed by atoms with Crippen molar-refractivity contribution >= 4 is 104 Å². The second-order valence-electron chi connectivity index (χ2n) is 7.93. The van der Waals surface area contributed by atoms with Gasteiger partial charge in [-0.3, -0.25) is 9.59 Å². The summed E-state index contributed by atoms with van der Waals surface area (Å²) in [5, 5.41) is 3.33. The fourth-order valence-electron chi connectivity index (χ4n) is 3.68. The van der Waals surface area contributed by atoms with Crippen molar-refractivity contribution in [3.63, 3.8) is 0 Å². The van der Waals surface area contributed by atoms with E-state index in [9.17, 15) is 9.59 Å². The van der Waals surface area contributed by atoms with Gasteiger partial charge >= 0.3 is 0 Å². The molecule has 0 saturated carbocycles. The summed E-state index contributed by atoms with van der Waals surface area (Å²) in [6, 6.07) is 10.3. The number of hydrogen-bond donors (Lipinski definition) is 0. The first-order chi connectivity index (χ1) is 17.3. The molecule has 5 rings (SSSR count). The lowest BCUT2D eigenvalue weighted by molar-refractivity contribution is -0.114. The number of piperazine rings is 1. The smallest absolute Gasteiger partial charge is 0.286 e. The summed E-state index contributed by atoms with van der Waals surface area (Å²) in [5.74, 6) is -0.583. The average molecular weight is 598 g/mol.